The van der Waals surface area contributed by atoms with Crippen LogP contribution in [-0.2, 0) is 4.74 Å². The lowest BCUT2D eigenvalue weighted by Gasteiger charge is -2.07. The molecule has 1 aromatic carbocycles. The summed E-state index contributed by atoms with van der Waals surface area (Å²) in [6.45, 7) is 2.22. The Balaban J connectivity index is 1.70. The molecule has 4 heteroatoms. The average molecular weight is 235 g/mol. The van der Waals surface area contributed by atoms with Crippen molar-refractivity contribution in [2.24, 2.45) is 5.92 Å². The maximum absolute atomic E-state index is 10.8. The number of carboxylic acids is 1. The van der Waals surface area contributed by atoms with Crippen molar-refractivity contribution in [1.29, 1.82) is 0 Å². The molecule has 0 spiro atoms. The number of carbonyl (C=O) groups is 1. The smallest absolute Gasteiger partial charge is 0.335 e. The second-order valence-corrected chi connectivity index (χ2v) is 4.33. The molecule has 92 valence electrons. The Morgan fingerprint density at radius 1 is 1.47 bits per heavy atom. The molecule has 17 heavy (non-hydrogen) atoms. The molecule has 0 aliphatic heterocycles. The normalized spacial score (nSPS) is 14.6. The van der Waals surface area contributed by atoms with Crippen LogP contribution in [0.15, 0.2) is 24.3 Å². The maximum Gasteiger partial charge on any atom is 0.335 e. The Hall–Kier alpha value is -1.55. The van der Waals surface area contributed by atoms with Crippen LogP contribution in [0.1, 0.15) is 23.2 Å². The van der Waals surface area contributed by atoms with Crippen molar-refractivity contribution in [2.45, 2.75) is 12.8 Å². The standard InChI is InChI=1S/C13H17NO3/c15-13(16)11-2-1-3-12(8-11)14-6-7-17-9-10-4-5-10/h1-3,8,10,14H,4-7,9H2,(H,15,16). The van der Waals surface area contributed by atoms with Crippen molar-refractivity contribution in [3.05, 3.63) is 29.8 Å². The van der Waals surface area contributed by atoms with Crippen molar-refractivity contribution in [3.63, 3.8) is 0 Å². The fourth-order valence-corrected chi connectivity index (χ4v) is 1.56. The second kappa shape index (κ2) is 5.68. The number of rotatable bonds is 7. The molecular weight excluding hydrogens is 218 g/mol. The van der Waals surface area contributed by atoms with Gasteiger partial charge in [0.05, 0.1) is 12.2 Å². The van der Waals surface area contributed by atoms with Gasteiger partial charge >= 0.3 is 5.97 Å². The Labute approximate surface area is 101 Å². The minimum absolute atomic E-state index is 0.300. The van der Waals surface area contributed by atoms with Crippen molar-refractivity contribution in [3.8, 4) is 0 Å². The van der Waals surface area contributed by atoms with E-state index in [2.05, 4.69) is 5.32 Å². The summed E-state index contributed by atoms with van der Waals surface area (Å²) in [5.74, 6) is -0.121. The Morgan fingerprint density at radius 3 is 3.00 bits per heavy atom. The first-order valence-electron chi connectivity index (χ1n) is 5.90. The maximum atomic E-state index is 10.8. The summed E-state index contributed by atoms with van der Waals surface area (Å²) in [4.78, 5) is 10.8. The molecular formula is C13H17NO3. The predicted octanol–water partition coefficient (Wildman–Crippen LogP) is 2.22. The Morgan fingerprint density at radius 2 is 2.29 bits per heavy atom. The average Bonchev–Trinajstić information content (AvgIpc) is 3.13. The lowest BCUT2D eigenvalue weighted by Crippen LogP contribution is -2.11. The van der Waals surface area contributed by atoms with Crippen LogP contribution >= 0.6 is 0 Å². The Kier molecular flexibility index (Phi) is 3.98. The fraction of sp³-hybridized carbons (Fsp3) is 0.462. The molecule has 2 rings (SSSR count). The van der Waals surface area contributed by atoms with Crippen LogP contribution in [0.2, 0.25) is 0 Å². The predicted molar refractivity (Wildman–Crippen MR) is 65.4 cm³/mol. The monoisotopic (exact) mass is 235 g/mol. The summed E-state index contributed by atoms with van der Waals surface area (Å²) in [5, 5.41) is 12.0. The highest BCUT2D eigenvalue weighted by molar-refractivity contribution is 5.88. The van der Waals surface area contributed by atoms with Crippen LogP contribution in [0.25, 0.3) is 0 Å². The number of carboxylic acid groups (broad SMARTS) is 1. The summed E-state index contributed by atoms with van der Waals surface area (Å²) in [5.41, 5.74) is 1.12. The topological polar surface area (TPSA) is 58.6 Å². The minimum Gasteiger partial charge on any atom is -0.478 e. The van der Waals surface area contributed by atoms with E-state index < -0.39 is 5.97 Å². The molecule has 0 amide bonds. The molecule has 1 aliphatic carbocycles. The highest BCUT2D eigenvalue weighted by Gasteiger charge is 2.20. The van der Waals surface area contributed by atoms with E-state index >= 15 is 0 Å². The molecule has 0 saturated heterocycles. The zero-order valence-corrected chi connectivity index (χ0v) is 9.69. The summed E-state index contributed by atoms with van der Waals surface area (Å²) < 4.78 is 5.48. The SMILES string of the molecule is O=C(O)c1cccc(NCCOCC2CC2)c1. The van der Waals surface area contributed by atoms with E-state index in [9.17, 15) is 4.79 Å². The van der Waals surface area contributed by atoms with E-state index in [0.29, 0.717) is 18.7 Å². The number of ether oxygens (including phenoxy) is 1. The fourth-order valence-electron chi connectivity index (χ4n) is 1.56. The number of benzene rings is 1. The molecule has 1 aromatic rings. The lowest BCUT2D eigenvalue weighted by molar-refractivity contribution is 0.0697. The van der Waals surface area contributed by atoms with Gasteiger partial charge < -0.3 is 15.2 Å². The summed E-state index contributed by atoms with van der Waals surface area (Å²) in [6.07, 6.45) is 2.60. The first kappa shape index (κ1) is 11.9. The molecule has 2 N–H and O–H groups in total. The molecule has 0 radical (unpaired) electrons. The zero-order chi connectivity index (χ0) is 12.1. The van der Waals surface area contributed by atoms with Gasteiger partial charge in [-0.05, 0) is 37.0 Å². The number of anilines is 1. The number of aromatic carboxylic acids is 1. The molecule has 0 bridgehead atoms. The first-order chi connectivity index (χ1) is 8.25. The largest absolute Gasteiger partial charge is 0.478 e. The van der Waals surface area contributed by atoms with Crippen molar-refractivity contribution in [2.75, 3.05) is 25.1 Å². The molecule has 1 aliphatic rings. The van der Waals surface area contributed by atoms with Crippen LogP contribution in [0.4, 0.5) is 5.69 Å². The van der Waals surface area contributed by atoms with E-state index in [-0.39, 0.29) is 0 Å². The molecule has 0 atom stereocenters. The van der Waals surface area contributed by atoms with Crippen LogP contribution in [0.5, 0.6) is 0 Å². The van der Waals surface area contributed by atoms with Crippen molar-refractivity contribution >= 4 is 11.7 Å². The third-order valence-electron chi connectivity index (χ3n) is 2.74. The highest BCUT2D eigenvalue weighted by atomic mass is 16.5. The van der Waals surface area contributed by atoms with Gasteiger partial charge in [0.25, 0.3) is 0 Å². The Bertz CT molecular complexity index is 388. The number of hydrogen-bond donors (Lipinski definition) is 2. The van der Waals surface area contributed by atoms with E-state index in [1.54, 1.807) is 18.2 Å². The van der Waals surface area contributed by atoms with Gasteiger partial charge in [-0.1, -0.05) is 6.07 Å². The van der Waals surface area contributed by atoms with E-state index in [0.717, 1.165) is 18.2 Å². The molecule has 1 fully saturated rings. The van der Waals surface area contributed by atoms with Crippen LogP contribution in [0, 0.1) is 5.92 Å². The molecule has 1 saturated carbocycles. The van der Waals surface area contributed by atoms with Crippen molar-refractivity contribution in [1.82, 2.24) is 0 Å². The highest BCUT2D eigenvalue weighted by Crippen LogP contribution is 2.28. The van der Waals surface area contributed by atoms with E-state index in [4.69, 9.17) is 9.84 Å². The van der Waals surface area contributed by atoms with Gasteiger partial charge in [0.15, 0.2) is 0 Å². The lowest BCUT2D eigenvalue weighted by atomic mass is 10.2. The second-order valence-electron chi connectivity index (χ2n) is 4.33. The molecule has 0 heterocycles. The van der Waals surface area contributed by atoms with Gasteiger partial charge in [-0.25, -0.2) is 4.79 Å². The third-order valence-corrected chi connectivity index (χ3v) is 2.74. The third kappa shape index (κ3) is 4.07. The van der Waals surface area contributed by atoms with Gasteiger partial charge in [-0.3, -0.25) is 0 Å². The van der Waals surface area contributed by atoms with Crippen LogP contribution in [-0.4, -0.2) is 30.8 Å². The number of hydrogen-bond acceptors (Lipinski definition) is 3. The van der Waals surface area contributed by atoms with Gasteiger partial charge in [0.1, 0.15) is 0 Å². The molecule has 0 aromatic heterocycles. The van der Waals surface area contributed by atoms with Crippen LogP contribution < -0.4 is 5.32 Å². The van der Waals surface area contributed by atoms with E-state index in [1.807, 2.05) is 6.07 Å². The summed E-state index contributed by atoms with van der Waals surface area (Å²) in [6, 6.07) is 6.80. The van der Waals surface area contributed by atoms with Gasteiger partial charge in [-0.15, -0.1) is 0 Å². The quantitative estimate of drug-likeness (QED) is 0.711. The number of nitrogens with one attached hydrogen (secondary N) is 1. The zero-order valence-electron chi connectivity index (χ0n) is 9.69. The summed E-state index contributed by atoms with van der Waals surface area (Å²) in [7, 11) is 0. The summed E-state index contributed by atoms with van der Waals surface area (Å²) >= 11 is 0. The van der Waals surface area contributed by atoms with Gasteiger partial charge in [0, 0.05) is 18.8 Å². The van der Waals surface area contributed by atoms with E-state index in [1.165, 1.54) is 12.8 Å². The van der Waals surface area contributed by atoms with Crippen LogP contribution in [0.3, 0.4) is 0 Å². The first-order valence-corrected chi connectivity index (χ1v) is 5.90. The minimum atomic E-state index is -0.904. The molecule has 0 unspecified atom stereocenters. The van der Waals surface area contributed by atoms with Crippen molar-refractivity contribution < 1.29 is 14.6 Å². The molecule has 4 nitrogen and oxygen atoms in total. The van der Waals surface area contributed by atoms with Gasteiger partial charge in [0.2, 0.25) is 0 Å². The van der Waals surface area contributed by atoms with Gasteiger partial charge in [-0.2, -0.15) is 0 Å².